The minimum atomic E-state index is 1.05. The zero-order chi connectivity index (χ0) is 14.8. The van der Waals surface area contributed by atoms with E-state index in [0.29, 0.717) is 0 Å². The molecule has 1 heteroatoms. The zero-order valence-electron chi connectivity index (χ0n) is 12.7. The highest BCUT2D eigenvalue weighted by atomic mass is 14.7. The van der Waals surface area contributed by atoms with Crippen molar-refractivity contribution in [2.45, 2.75) is 20.8 Å². The number of aryl methyl sites for hydroxylation is 3. The third-order valence-corrected chi connectivity index (χ3v) is 3.99. The summed E-state index contributed by atoms with van der Waals surface area (Å²) in [5, 5.41) is 0. The van der Waals surface area contributed by atoms with E-state index < -0.39 is 0 Å². The Labute approximate surface area is 126 Å². The molecule has 0 aliphatic rings. The molecule has 0 spiro atoms. The molecule has 0 N–H and O–H groups in total. The van der Waals surface area contributed by atoms with E-state index in [1.807, 2.05) is 12.3 Å². The molecule has 21 heavy (non-hydrogen) atoms. The lowest BCUT2D eigenvalue weighted by molar-refractivity contribution is 1.21. The van der Waals surface area contributed by atoms with Gasteiger partial charge in [-0.3, -0.25) is 4.98 Å². The van der Waals surface area contributed by atoms with Crippen molar-refractivity contribution >= 4 is 0 Å². The maximum Gasteiger partial charge on any atom is 0.0707 e. The predicted octanol–water partition coefficient (Wildman–Crippen LogP) is 5.34. The Balaban J connectivity index is 2.12. The highest BCUT2D eigenvalue weighted by Gasteiger charge is 2.07. The van der Waals surface area contributed by atoms with Gasteiger partial charge in [0.15, 0.2) is 0 Å². The lowest BCUT2D eigenvalue weighted by Crippen LogP contribution is -1.91. The van der Waals surface area contributed by atoms with Crippen molar-refractivity contribution in [3.8, 4) is 22.4 Å². The second-order valence-electron chi connectivity index (χ2n) is 5.55. The van der Waals surface area contributed by atoms with E-state index >= 15 is 0 Å². The molecule has 2 aromatic carbocycles. The van der Waals surface area contributed by atoms with Gasteiger partial charge >= 0.3 is 0 Å². The van der Waals surface area contributed by atoms with Crippen LogP contribution in [0.2, 0.25) is 0 Å². The van der Waals surface area contributed by atoms with Crippen LogP contribution in [0, 0.1) is 20.8 Å². The van der Waals surface area contributed by atoms with Crippen LogP contribution >= 0.6 is 0 Å². The summed E-state index contributed by atoms with van der Waals surface area (Å²) in [7, 11) is 0. The van der Waals surface area contributed by atoms with Gasteiger partial charge in [-0.1, -0.05) is 42.5 Å². The van der Waals surface area contributed by atoms with Gasteiger partial charge in [0, 0.05) is 11.8 Å². The summed E-state index contributed by atoms with van der Waals surface area (Å²) >= 11 is 0. The Morgan fingerprint density at radius 2 is 1.43 bits per heavy atom. The number of pyridine rings is 1. The summed E-state index contributed by atoms with van der Waals surface area (Å²) < 4.78 is 0. The third-order valence-electron chi connectivity index (χ3n) is 3.99. The molecule has 1 heterocycles. The Kier molecular flexibility index (Phi) is 3.57. The molecule has 0 amide bonds. The molecule has 0 atom stereocenters. The predicted molar refractivity (Wildman–Crippen MR) is 89.3 cm³/mol. The van der Waals surface area contributed by atoms with Crippen LogP contribution in [-0.4, -0.2) is 4.98 Å². The van der Waals surface area contributed by atoms with Crippen LogP contribution in [0.1, 0.15) is 16.7 Å². The molecule has 0 radical (unpaired) electrons. The van der Waals surface area contributed by atoms with Gasteiger partial charge in [0.25, 0.3) is 0 Å². The van der Waals surface area contributed by atoms with E-state index in [9.17, 15) is 0 Å². The molecule has 0 unspecified atom stereocenters. The van der Waals surface area contributed by atoms with Crippen LogP contribution in [0.15, 0.2) is 60.8 Å². The van der Waals surface area contributed by atoms with Gasteiger partial charge < -0.3 is 0 Å². The van der Waals surface area contributed by atoms with Crippen molar-refractivity contribution < 1.29 is 0 Å². The minimum absolute atomic E-state index is 1.05. The minimum Gasteiger partial charge on any atom is -0.256 e. The third kappa shape index (κ3) is 2.73. The summed E-state index contributed by atoms with van der Waals surface area (Å²) in [4.78, 5) is 4.60. The van der Waals surface area contributed by atoms with Gasteiger partial charge in [0.2, 0.25) is 0 Å². The average molecular weight is 273 g/mol. The molecule has 1 aromatic heterocycles. The fourth-order valence-corrected chi connectivity index (χ4v) is 2.48. The van der Waals surface area contributed by atoms with Gasteiger partial charge in [-0.2, -0.15) is 0 Å². The van der Waals surface area contributed by atoms with Gasteiger partial charge in [-0.15, -0.1) is 0 Å². The van der Waals surface area contributed by atoms with Crippen molar-refractivity contribution in [2.24, 2.45) is 0 Å². The van der Waals surface area contributed by atoms with Crippen LogP contribution < -0.4 is 0 Å². The molecule has 0 saturated carbocycles. The molecule has 104 valence electrons. The van der Waals surface area contributed by atoms with Crippen LogP contribution in [-0.2, 0) is 0 Å². The van der Waals surface area contributed by atoms with Gasteiger partial charge in [0.1, 0.15) is 0 Å². The number of rotatable bonds is 2. The zero-order valence-corrected chi connectivity index (χ0v) is 12.7. The number of hydrogen-bond acceptors (Lipinski definition) is 1. The molecule has 0 fully saturated rings. The molecular formula is C20H19N. The van der Waals surface area contributed by atoms with Crippen LogP contribution in [0.5, 0.6) is 0 Å². The highest BCUT2D eigenvalue weighted by Crippen LogP contribution is 2.29. The molecule has 1 nitrogen and oxygen atoms in total. The lowest BCUT2D eigenvalue weighted by Gasteiger charge is -2.10. The Morgan fingerprint density at radius 3 is 2.14 bits per heavy atom. The van der Waals surface area contributed by atoms with E-state index in [4.69, 9.17) is 0 Å². The molecule has 3 aromatic rings. The second kappa shape index (κ2) is 5.53. The maximum atomic E-state index is 4.60. The van der Waals surface area contributed by atoms with Gasteiger partial charge in [-0.05, 0) is 60.7 Å². The summed E-state index contributed by atoms with van der Waals surface area (Å²) in [6.07, 6.45) is 1.96. The number of hydrogen-bond donors (Lipinski definition) is 0. The first-order chi connectivity index (χ1) is 10.1. The summed E-state index contributed by atoms with van der Waals surface area (Å²) in [5.74, 6) is 0. The monoisotopic (exact) mass is 273 g/mol. The SMILES string of the molecule is Cc1cnc(-c2cc(-c3ccccc3)ccc2C)cc1C. The van der Waals surface area contributed by atoms with Crippen LogP contribution in [0.25, 0.3) is 22.4 Å². The maximum absolute atomic E-state index is 4.60. The Bertz CT molecular complexity index is 773. The van der Waals surface area contributed by atoms with Gasteiger partial charge in [0.05, 0.1) is 5.69 Å². The topological polar surface area (TPSA) is 12.9 Å². The normalized spacial score (nSPS) is 10.6. The van der Waals surface area contributed by atoms with Crippen molar-refractivity contribution in [1.29, 1.82) is 0 Å². The van der Waals surface area contributed by atoms with E-state index in [-0.39, 0.29) is 0 Å². The first-order valence-electron chi connectivity index (χ1n) is 7.25. The standard InChI is InChI=1S/C20H19N/c1-14-9-10-18(17-7-5-4-6-8-17)12-19(14)20-11-15(2)16(3)13-21-20/h4-13H,1-3H3. The average Bonchev–Trinajstić information content (AvgIpc) is 2.51. The molecular weight excluding hydrogens is 254 g/mol. The summed E-state index contributed by atoms with van der Waals surface area (Å²) in [5.41, 5.74) is 8.50. The largest absolute Gasteiger partial charge is 0.256 e. The van der Waals surface area contributed by atoms with Crippen LogP contribution in [0.4, 0.5) is 0 Å². The number of benzene rings is 2. The summed E-state index contributed by atoms with van der Waals surface area (Å²) in [6.45, 7) is 6.37. The molecule has 3 rings (SSSR count). The Hall–Kier alpha value is -2.41. The Morgan fingerprint density at radius 1 is 0.667 bits per heavy atom. The van der Waals surface area contributed by atoms with Crippen LogP contribution in [0.3, 0.4) is 0 Å². The van der Waals surface area contributed by atoms with E-state index in [1.165, 1.54) is 33.4 Å². The first kappa shape index (κ1) is 13.6. The van der Waals surface area contributed by atoms with Crippen molar-refractivity contribution in [3.63, 3.8) is 0 Å². The van der Waals surface area contributed by atoms with Gasteiger partial charge in [-0.25, -0.2) is 0 Å². The van der Waals surface area contributed by atoms with E-state index in [1.54, 1.807) is 0 Å². The van der Waals surface area contributed by atoms with Crippen molar-refractivity contribution in [1.82, 2.24) is 4.98 Å². The molecule has 0 aliphatic heterocycles. The van der Waals surface area contributed by atoms with Crippen molar-refractivity contribution in [2.75, 3.05) is 0 Å². The number of aromatic nitrogens is 1. The fourth-order valence-electron chi connectivity index (χ4n) is 2.48. The molecule has 0 bridgehead atoms. The first-order valence-corrected chi connectivity index (χ1v) is 7.25. The quantitative estimate of drug-likeness (QED) is 0.614. The number of nitrogens with zero attached hydrogens (tertiary/aromatic N) is 1. The smallest absolute Gasteiger partial charge is 0.0707 e. The van der Waals surface area contributed by atoms with E-state index in [2.05, 4.69) is 74.3 Å². The highest BCUT2D eigenvalue weighted by molar-refractivity contribution is 5.74. The van der Waals surface area contributed by atoms with E-state index in [0.717, 1.165) is 5.69 Å². The van der Waals surface area contributed by atoms with Crippen molar-refractivity contribution in [3.05, 3.63) is 77.5 Å². The molecule has 0 aliphatic carbocycles. The lowest BCUT2D eigenvalue weighted by atomic mass is 9.97. The fraction of sp³-hybridized carbons (Fsp3) is 0.150. The second-order valence-corrected chi connectivity index (χ2v) is 5.55. The summed E-state index contributed by atoms with van der Waals surface area (Å²) in [6, 6.07) is 19.2. The molecule has 0 saturated heterocycles.